The number of amides is 1. The van der Waals surface area contributed by atoms with E-state index in [1.807, 2.05) is 0 Å². The van der Waals surface area contributed by atoms with Crippen molar-refractivity contribution in [2.24, 2.45) is 5.73 Å². The predicted molar refractivity (Wildman–Crippen MR) is 49.0 cm³/mol. The number of nitrogen functional groups attached to an aromatic ring is 1. The molecule has 0 aliphatic heterocycles. The van der Waals surface area contributed by atoms with E-state index in [0.717, 1.165) is 5.39 Å². The van der Waals surface area contributed by atoms with Crippen LogP contribution in [0.4, 0.5) is 5.82 Å². The SMILES string of the molecule is NC(=O)c1ccc2c(N)n[nH]c2c1. The van der Waals surface area contributed by atoms with Crippen LogP contribution in [-0.4, -0.2) is 16.1 Å². The van der Waals surface area contributed by atoms with Crippen LogP contribution in [-0.2, 0) is 0 Å². The first-order valence-electron chi connectivity index (χ1n) is 3.72. The summed E-state index contributed by atoms with van der Waals surface area (Å²) in [6.45, 7) is 0. The summed E-state index contributed by atoms with van der Waals surface area (Å²) in [5.74, 6) is -0.0407. The lowest BCUT2D eigenvalue weighted by molar-refractivity contribution is 0.100. The van der Waals surface area contributed by atoms with Crippen LogP contribution >= 0.6 is 0 Å². The summed E-state index contributed by atoms with van der Waals surface area (Å²) in [6, 6.07) is 4.96. The van der Waals surface area contributed by atoms with Crippen LogP contribution < -0.4 is 11.5 Å². The molecule has 1 heterocycles. The number of H-pyrrole nitrogens is 1. The van der Waals surface area contributed by atoms with Crippen molar-refractivity contribution in [2.75, 3.05) is 5.73 Å². The second-order valence-electron chi connectivity index (χ2n) is 2.73. The van der Waals surface area contributed by atoms with Crippen LogP contribution in [0.2, 0.25) is 0 Å². The molecular formula is C8H8N4O. The molecule has 5 N–H and O–H groups in total. The maximum Gasteiger partial charge on any atom is 0.248 e. The Balaban J connectivity index is 2.70. The van der Waals surface area contributed by atoms with Gasteiger partial charge >= 0.3 is 0 Å². The largest absolute Gasteiger partial charge is 0.382 e. The summed E-state index contributed by atoms with van der Waals surface area (Å²) >= 11 is 0. The first-order valence-corrected chi connectivity index (χ1v) is 3.72. The molecule has 1 aromatic carbocycles. The van der Waals surface area contributed by atoms with Crippen LogP contribution in [0, 0.1) is 0 Å². The lowest BCUT2D eigenvalue weighted by Gasteiger charge is -1.94. The van der Waals surface area contributed by atoms with E-state index in [9.17, 15) is 4.79 Å². The molecule has 0 atom stereocenters. The number of anilines is 1. The van der Waals surface area contributed by atoms with Crippen molar-refractivity contribution < 1.29 is 4.79 Å². The van der Waals surface area contributed by atoms with Crippen molar-refractivity contribution in [1.82, 2.24) is 10.2 Å². The number of rotatable bonds is 1. The molecule has 0 fully saturated rings. The van der Waals surface area contributed by atoms with E-state index >= 15 is 0 Å². The van der Waals surface area contributed by atoms with Gasteiger partial charge in [-0.3, -0.25) is 9.89 Å². The number of primary amides is 1. The zero-order chi connectivity index (χ0) is 9.42. The summed E-state index contributed by atoms with van der Waals surface area (Å²) in [4.78, 5) is 10.8. The second-order valence-corrected chi connectivity index (χ2v) is 2.73. The lowest BCUT2D eigenvalue weighted by atomic mass is 10.1. The van der Waals surface area contributed by atoms with Crippen molar-refractivity contribution >= 4 is 22.6 Å². The third-order valence-corrected chi connectivity index (χ3v) is 1.88. The molecule has 0 saturated carbocycles. The van der Waals surface area contributed by atoms with E-state index in [2.05, 4.69) is 10.2 Å². The highest BCUT2D eigenvalue weighted by atomic mass is 16.1. The number of nitrogens with two attached hydrogens (primary N) is 2. The van der Waals surface area contributed by atoms with Gasteiger partial charge in [0.25, 0.3) is 0 Å². The fraction of sp³-hybridized carbons (Fsp3) is 0. The van der Waals surface area contributed by atoms with Gasteiger partial charge in [0.2, 0.25) is 5.91 Å². The topological polar surface area (TPSA) is 97.8 Å². The third kappa shape index (κ3) is 1.10. The van der Waals surface area contributed by atoms with E-state index in [1.165, 1.54) is 0 Å². The molecule has 0 radical (unpaired) electrons. The number of aromatic amines is 1. The Morgan fingerprint density at radius 2 is 2.23 bits per heavy atom. The summed E-state index contributed by atoms with van der Waals surface area (Å²) < 4.78 is 0. The van der Waals surface area contributed by atoms with Crippen LogP contribution in [0.5, 0.6) is 0 Å². The molecule has 0 aliphatic rings. The average Bonchev–Trinajstić information content (AvgIpc) is 2.47. The van der Waals surface area contributed by atoms with Crippen molar-refractivity contribution in [3.05, 3.63) is 23.8 Å². The highest BCUT2D eigenvalue weighted by Gasteiger charge is 2.05. The van der Waals surface area contributed by atoms with Crippen molar-refractivity contribution in [1.29, 1.82) is 0 Å². The van der Waals surface area contributed by atoms with Crippen LogP contribution in [0.25, 0.3) is 10.9 Å². The van der Waals surface area contributed by atoms with Gasteiger partial charge in [-0.15, -0.1) is 0 Å². The van der Waals surface area contributed by atoms with Crippen molar-refractivity contribution in [3.63, 3.8) is 0 Å². The molecule has 5 heteroatoms. The first kappa shape index (κ1) is 7.60. The minimum Gasteiger partial charge on any atom is -0.382 e. The molecular weight excluding hydrogens is 168 g/mol. The Morgan fingerprint density at radius 1 is 1.46 bits per heavy atom. The van der Waals surface area contributed by atoms with E-state index in [4.69, 9.17) is 11.5 Å². The molecule has 13 heavy (non-hydrogen) atoms. The number of carbonyl (C=O) groups excluding carboxylic acids is 1. The van der Waals surface area contributed by atoms with Gasteiger partial charge in [0, 0.05) is 10.9 Å². The quantitative estimate of drug-likeness (QED) is 0.580. The zero-order valence-corrected chi connectivity index (χ0v) is 6.74. The molecule has 0 unspecified atom stereocenters. The summed E-state index contributed by atoms with van der Waals surface area (Å²) in [5, 5.41) is 7.29. The minimum absolute atomic E-state index is 0.422. The molecule has 0 bridgehead atoms. The monoisotopic (exact) mass is 176 g/mol. The van der Waals surface area contributed by atoms with Crippen molar-refractivity contribution in [3.8, 4) is 0 Å². The fourth-order valence-electron chi connectivity index (χ4n) is 1.19. The molecule has 0 saturated heterocycles. The Bertz CT molecular complexity index is 474. The Morgan fingerprint density at radius 3 is 2.92 bits per heavy atom. The zero-order valence-electron chi connectivity index (χ0n) is 6.74. The normalized spacial score (nSPS) is 10.5. The van der Waals surface area contributed by atoms with Crippen LogP contribution in [0.15, 0.2) is 18.2 Å². The van der Waals surface area contributed by atoms with Gasteiger partial charge in [-0.05, 0) is 18.2 Å². The number of hydrogen-bond acceptors (Lipinski definition) is 3. The number of nitrogens with one attached hydrogen (secondary N) is 1. The maximum atomic E-state index is 10.8. The Labute approximate surface area is 73.7 Å². The number of benzene rings is 1. The third-order valence-electron chi connectivity index (χ3n) is 1.88. The molecule has 0 aliphatic carbocycles. The number of hydrogen-bond donors (Lipinski definition) is 3. The number of aromatic nitrogens is 2. The highest BCUT2D eigenvalue weighted by molar-refractivity contribution is 5.98. The summed E-state index contributed by atoms with van der Waals surface area (Å²) in [6.07, 6.45) is 0. The van der Waals surface area contributed by atoms with Gasteiger partial charge in [0.15, 0.2) is 5.82 Å². The van der Waals surface area contributed by atoms with Gasteiger partial charge in [0.1, 0.15) is 0 Å². The summed E-state index contributed by atoms with van der Waals surface area (Å²) in [5.41, 5.74) is 11.8. The fourth-order valence-corrected chi connectivity index (χ4v) is 1.19. The summed E-state index contributed by atoms with van der Waals surface area (Å²) in [7, 11) is 0. The van der Waals surface area contributed by atoms with E-state index in [-0.39, 0.29) is 0 Å². The Kier molecular flexibility index (Phi) is 1.45. The van der Waals surface area contributed by atoms with E-state index in [0.29, 0.717) is 16.9 Å². The number of carbonyl (C=O) groups is 1. The number of nitrogens with zero attached hydrogens (tertiary/aromatic N) is 1. The van der Waals surface area contributed by atoms with Gasteiger partial charge in [0.05, 0.1) is 5.52 Å². The van der Waals surface area contributed by atoms with Gasteiger partial charge in [-0.2, -0.15) is 5.10 Å². The molecule has 1 amide bonds. The molecule has 5 nitrogen and oxygen atoms in total. The van der Waals surface area contributed by atoms with Gasteiger partial charge < -0.3 is 11.5 Å². The molecule has 2 rings (SSSR count). The van der Waals surface area contributed by atoms with Crippen LogP contribution in [0.1, 0.15) is 10.4 Å². The maximum absolute atomic E-state index is 10.8. The first-order chi connectivity index (χ1) is 6.18. The van der Waals surface area contributed by atoms with Crippen molar-refractivity contribution in [2.45, 2.75) is 0 Å². The van der Waals surface area contributed by atoms with Gasteiger partial charge in [-0.1, -0.05) is 0 Å². The average molecular weight is 176 g/mol. The van der Waals surface area contributed by atoms with E-state index < -0.39 is 5.91 Å². The number of fused-ring (bicyclic) bond motifs is 1. The second kappa shape index (κ2) is 2.48. The smallest absolute Gasteiger partial charge is 0.248 e. The highest BCUT2D eigenvalue weighted by Crippen LogP contribution is 2.18. The van der Waals surface area contributed by atoms with E-state index in [1.54, 1.807) is 18.2 Å². The molecule has 1 aromatic heterocycles. The predicted octanol–water partition coefficient (Wildman–Crippen LogP) is 0.244. The minimum atomic E-state index is -0.463. The lowest BCUT2D eigenvalue weighted by Crippen LogP contribution is -2.10. The van der Waals surface area contributed by atoms with Gasteiger partial charge in [-0.25, -0.2) is 0 Å². The molecule has 0 spiro atoms. The van der Waals surface area contributed by atoms with Crippen LogP contribution in [0.3, 0.4) is 0 Å². The Hall–Kier alpha value is -2.04. The standard InChI is InChI=1S/C8H8N4O/c9-7-5-2-1-4(8(10)13)3-6(5)11-12-7/h1-3H,(H2,10,13)(H3,9,11,12). The molecule has 2 aromatic rings. The molecule has 66 valence electrons.